The molecule has 1 amide bonds. The number of fused-ring (bicyclic) bond motifs is 3. The Bertz CT molecular complexity index is 1200. The first kappa shape index (κ1) is 26.6. The minimum atomic E-state index is -0.795. The van der Waals surface area contributed by atoms with E-state index in [1.165, 1.54) is 22.3 Å². The molecule has 0 unspecified atom stereocenters. The maximum atomic E-state index is 13.2. The number of nitrogens with zero attached hydrogens (tertiary/aromatic N) is 1. The van der Waals surface area contributed by atoms with Gasteiger partial charge >= 0.3 is 12.1 Å². The molecular weight excluding hydrogens is 486 g/mol. The standard InChI is InChI=1S/C30H33NO5S/c1-3-31(19-21-15-16-22(35-4-2)18-28(21)37-17-9-14-29(32)33)30(34)36-20-27-25-12-7-5-10-23(25)24-11-6-8-13-26(24)27/h5-8,10-13,15-16,18,27H,3-4,9,14,17,19-20H2,1-2H3,(H,32,33). The second-order valence-corrected chi connectivity index (χ2v) is 10.0. The molecule has 1 aliphatic carbocycles. The second kappa shape index (κ2) is 12.7. The maximum Gasteiger partial charge on any atom is 0.410 e. The Balaban J connectivity index is 1.44. The number of hydrogen-bond acceptors (Lipinski definition) is 5. The molecule has 0 aliphatic heterocycles. The monoisotopic (exact) mass is 519 g/mol. The molecule has 194 valence electrons. The van der Waals surface area contributed by atoms with Gasteiger partial charge in [-0.3, -0.25) is 4.79 Å². The van der Waals surface area contributed by atoms with Crippen molar-refractivity contribution in [1.29, 1.82) is 0 Å². The van der Waals surface area contributed by atoms with E-state index >= 15 is 0 Å². The van der Waals surface area contributed by atoms with E-state index in [9.17, 15) is 9.59 Å². The lowest BCUT2D eigenvalue weighted by molar-refractivity contribution is -0.137. The van der Waals surface area contributed by atoms with Crippen LogP contribution >= 0.6 is 11.8 Å². The van der Waals surface area contributed by atoms with Gasteiger partial charge in [-0.2, -0.15) is 0 Å². The van der Waals surface area contributed by atoms with Crippen LogP contribution in [-0.4, -0.2) is 47.6 Å². The molecule has 0 radical (unpaired) electrons. The molecular formula is C30H33NO5S. The minimum Gasteiger partial charge on any atom is -0.494 e. The first-order valence-corrected chi connectivity index (χ1v) is 13.7. The lowest BCUT2D eigenvalue weighted by Crippen LogP contribution is -2.32. The Kier molecular flexibility index (Phi) is 9.12. The van der Waals surface area contributed by atoms with Crippen molar-refractivity contribution in [2.75, 3.05) is 25.5 Å². The summed E-state index contributed by atoms with van der Waals surface area (Å²) in [6.45, 7) is 5.62. The van der Waals surface area contributed by atoms with E-state index in [2.05, 4.69) is 24.3 Å². The number of amides is 1. The van der Waals surface area contributed by atoms with Crippen LogP contribution in [0, 0.1) is 0 Å². The van der Waals surface area contributed by atoms with E-state index < -0.39 is 5.97 Å². The zero-order chi connectivity index (χ0) is 26.2. The number of carboxylic acids is 1. The van der Waals surface area contributed by atoms with Crippen LogP contribution < -0.4 is 4.74 Å². The third-order valence-electron chi connectivity index (χ3n) is 6.48. The molecule has 0 saturated heterocycles. The predicted octanol–water partition coefficient (Wildman–Crippen LogP) is 6.81. The highest BCUT2D eigenvalue weighted by atomic mass is 32.2. The third kappa shape index (κ3) is 6.46. The topological polar surface area (TPSA) is 76.1 Å². The number of ether oxygens (including phenoxy) is 2. The van der Waals surface area contributed by atoms with Gasteiger partial charge in [0.15, 0.2) is 0 Å². The van der Waals surface area contributed by atoms with Gasteiger partial charge in [-0.25, -0.2) is 4.79 Å². The number of carbonyl (C=O) groups is 2. The summed E-state index contributed by atoms with van der Waals surface area (Å²) in [5.74, 6) is 0.653. The summed E-state index contributed by atoms with van der Waals surface area (Å²) in [5.41, 5.74) is 5.76. The normalized spacial score (nSPS) is 12.1. The van der Waals surface area contributed by atoms with Crippen LogP contribution in [-0.2, 0) is 16.1 Å². The summed E-state index contributed by atoms with van der Waals surface area (Å²) in [6, 6.07) is 22.4. The number of thioether (sulfide) groups is 1. The highest BCUT2D eigenvalue weighted by Gasteiger charge is 2.29. The van der Waals surface area contributed by atoms with E-state index in [0.29, 0.717) is 31.9 Å². The highest BCUT2D eigenvalue weighted by Crippen LogP contribution is 2.44. The molecule has 37 heavy (non-hydrogen) atoms. The van der Waals surface area contributed by atoms with Crippen molar-refractivity contribution >= 4 is 23.8 Å². The number of carboxylic acid groups (broad SMARTS) is 1. The first-order valence-electron chi connectivity index (χ1n) is 12.7. The van der Waals surface area contributed by atoms with Crippen molar-refractivity contribution in [3.8, 4) is 16.9 Å². The molecule has 0 spiro atoms. The molecule has 4 rings (SSSR count). The number of benzene rings is 3. The molecule has 0 fully saturated rings. The Morgan fingerprint density at radius 1 is 0.973 bits per heavy atom. The number of hydrogen-bond donors (Lipinski definition) is 1. The van der Waals surface area contributed by atoms with Crippen LogP contribution in [0.15, 0.2) is 71.6 Å². The van der Waals surface area contributed by atoms with E-state index in [1.807, 2.05) is 56.3 Å². The van der Waals surface area contributed by atoms with Gasteiger partial charge in [-0.05, 0) is 66.0 Å². The molecule has 7 heteroatoms. The zero-order valence-electron chi connectivity index (χ0n) is 21.3. The smallest absolute Gasteiger partial charge is 0.410 e. The highest BCUT2D eigenvalue weighted by molar-refractivity contribution is 7.99. The fourth-order valence-corrected chi connectivity index (χ4v) is 5.68. The van der Waals surface area contributed by atoms with Crippen LogP contribution in [0.25, 0.3) is 11.1 Å². The van der Waals surface area contributed by atoms with Crippen molar-refractivity contribution < 1.29 is 24.2 Å². The summed E-state index contributed by atoms with van der Waals surface area (Å²) in [4.78, 5) is 26.7. The van der Waals surface area contributed by atoms with Gasteiger partial charge in [-0.15, -0.1) is 11.8 Å². The second-order valence-electron chi connectivity index (χ2n) is 8.87. The summed E-state index contributed by atoms with van der Waals surface area (Å²) in [5, 5.41) is 8.94. The van der Waals surface area contributed by atoms with Gasteiger partial charge in [0.25, 0.3) is 0 Å². The number of aliphatic carboxylic acids is 1. The fraction of sp³-hybridized carbons (Fsp3) is 0.333. The quantitative estimate of drug-likeness (QED) is 0.209. The van der Waals surface area contributed by atoms with E-state index in [1.54, 1.807) is 16.7 Å². The van der Waals surface area contributed by atoms with Gasteiger partial charge in [0.2, 0.25) is 0 Å². The summed E-state index contributed by atoms with van der Waals surface area (Å²) < 4.78 is 11.5. The maximum absolute atomic E-state index is 13.2. The Morgan fingerprint density at radius 2 is 1.65 bits per heavy atom. The van der Waals surface area contributed by atoms with Crippen molar-refractivity contribution in [3.63, 3.8) is 0 Å². The van der Waals surface area contributed by atoms with Crippen LogP contribution in [0.3, 0.4) is 0 Å². The van der Waals surface area contributed by atoms with Gasteiger partial charge in [0.1, 0.15) is 12.4 Å². The molecule has 3 aromatic rings. The SMILES string of the molecule is CCOc1ccc(CN(CC)C(=O)OCC2c3ccccc3-c3ccccc32)c(SCCCC(=O)O)c1. The summed E-state index contributed by atoms with van der Waals surface area (Å²) in [7, 11) is 0. The molecule has 1 aliphatic rings. The molecule has 3 aromatic carbocycles. The van der Waals surface area contributed by atoms with Gasteiger partial charge < -0.3 is 19.5 Å². The van der Waals surface area contributed by atoms with Crippen molar-refractivity contribution in [3.05, 3.63) is 83.4 Å². The summed E-state index contributed by atoms with van der Waals surface area (Å²) in [6.07, 6.45) is 0.358. The van der Waals surface area contributed by atoms with Crippen LogP contribution in [0.1, 0.15) is 49.3 Å². The molecule has 0 saturated carbocycles. The summed E-state index contributed by atoms with van der Waals surface area (Å²) >= 11 is 1.59. The largest absolute Gasteiger partial charge is 0.494 e. The van der Waals surface area contributed by atoms with Crippen LogP contribution in [0.2, 0.25) is 0 Å². The molecule has 0 aromatic heterocycles. The van der Waals surface area contributed by atoms with Crippen molar-refractivity contribution in [2.24, 2.45) is 0 Å². The lowest BCUT2D eigenvalue weighted by Gasteiger charge is -2.23. The number of carbonyl (C=O) groups excluding carboxylic acids is 1. The van der Waals surface area contributed by atoms with E-state index in [-0.39, 0.29) is 25.0 Å². The molecule has 6 nitrogen and oxygen atoms in total. The Morgan fingerprint density at radius 3 is 2.27 bits per heavy atom. The zero-order valence-corrected chi connectivity index (χ0v) is 22.1. The third-order valence-corrected chi connectivity index (χ3v) is 7.66. The van der Waals surface area contributed by atoms with E-state index in [0.717, 1.165) is 16.2 Å². The lowest BCUT2D eigenvalue weighted by atomic mass is 9.98. The van der Waals surface area contributed by atoms with Gasteiger partial charge in [-0.1, -0.05) is 54.6 Å². The van der Waals surface area contributed by atoms with Gasteiger partial charge in [0.05, 0.1) is 13.2 Å². The molecule has 0 bridgehead atoms. The van der Waals surface area contributed by atoms with E-state index in [4.69, 9.17) is 14.6 Å². The van der Waals surface area contributed by atoms with Crippen LogP contribution in [0.4, 0.5) is 4.79 Å². The van der Waals surface area contributed by atoms with Crippen molar-refractivity contribution in [1.82, 2.24) is 4.90 Å². The van der Waals surface area contributed by atoms with Crippen LogP contribution in [0.5, 0.6) is 5.75 Å². The molecule has 0 heterocycles. The molecule has 1 N–H and O–H groups in total. The number of rotatable bonds is 12. The fourth-order valence-electron chi connectivity index (χ4n) is 4.66. The van der Waals surface area contributed by atoms with Crippen molar-refractivity contribution in [2.45, 2.75) is 44.0 Å². The van der Waals surface area contributed by atoms with Gasteiger partial charge in [0, 0.05) is 23.8 Å². The average molecular weight is 520 g/mol. The Labute approximate surface area is 222 Å². The first-order chi connectivity index (χ1) is 18.0. The predicted molar refractivity (Wildman–Crippen MR) is 146 cm³/mol. The minimum absolute atomic E-state index is 0.0147. The molecule has 0 atom stereocenters. The average Bonchev–Trinajstić information content (AvgIpc) is 3.23. The Hall–Kier alpha value is -3.45.